The van der Waals surface area contributed by atoms with Crippen molar-refractivity contribution in [2.45, 2.75) is 306 Å². The Hall–Kier alpha value is -3.35. The maximum atomic E-state index is 13.3. The summed E-state index contributed by atoms with van der Waals surface area (Å²) in [5.74, 6) is -0.284. The number of hydrogen-bond donors (Lipinski definition) is 9. The van der Waals surface area contributed by atoms with E-state index in [0.717, 1.165) is 83.5 Å². The highest BCUT2D eigenvalue weighted by molar-refractivity contribution is 5.76. The predicted octanol–water partition coefficient (Wildman–Crippen LogP) is 12.8. The first-order valence-electron chi connectivity index (χ1n) is 33.1. The molecule has 2 fully saturated rings. The summed E-state index contributed by atoms with van der Waals surface area (Å²) in [7, 11) is 0. The van der Waals surface area contributed by atoms with Crippen LogP contribution in [-0.2, 0) is 23.7 Å². The third-order valence-corrected chi connectivity index (χ3v) is 15.5. The third-order valence-electron chi connectivity index (χ3n) is 15.5. The zero-order valence-corrected chi connectivity index (χ0v) is 52.1. The molecule has 1 amide bonds. The Morgan fingerprint density at radius 1 is 0.440 bits per heavy atom. The normalized spacial score (nSPS) is 24.4. The summed E-state index contributed by atoms with van der Waals surface area (Å²) in [6.45, 7) is 2.66. The van der Waals surface area contributed by atoms with Gasteiger partial charge in [-0.2, -0.15) is 0 Å². The minimum Gasteiger partial charge on any atom is -0.394 e. The van der Waals surface area contributed by atoms with Gasteiger partial charge in [-0.05, 0) is 83.5 Å². The molecular formula is C70H119NO13. The molecule has 0 radical (unpaired) electrons. The standard InChI is InChI=1S/C70H119NO13/c1-3-5-7-9-11-13-15-17-19-21-23-25-27-28-29-30-32-34-36-38-40-42-44-46-48-50-52-54-62(75)71-58(57-81-69-67(80)65(78)68(61(56-73)83-69)84-70-66(79)64(77)63(76)60(55-72)82-70)59(74)53-51-49-47-45-43-41-39-37-35-33-31-26-24-22-20-18-16-14-12-10-8-6-4-2/h5,7,11,13,17,19,23,25,28-29,32,34,38,40,44,46,51,53,58-61,63-70,72-74,76-80H,3-4,6,8-10,12,14-16,18,20-22,24,26-27,30-31,33,35-37,39,41-43,45,47-50,52,54-57H2,1-2H3,(H,71,75)/b7-5-,13-11-,19-17-,25-23-,29-28-,34-32-,40-38-,46-44-,53-51+. The fraction of sp³-hybridized carbons (Fsp3) is 0.729. The van der Waals surface area contributed by atoms with Crippen LogP contribution < -0.4 is 5.32 Å². The van der Waals surface area contributed by atoms with E-state index in [0.29, 0.717) is 6.42 Å². The van der Waals surface area contributed by atoms with Gasteiger partial charge >= 0.3 is 0 Å². The Labute approximate surface area is 508 Å². The molecule has 12 unspecified atom stereocenters. The molecule has 2 aliphatic heterocycles. The number of aliphatic hydroxyl groups is 8. The van der Waals surface area contributed by atoms with E-state index in [4.69, 9.17) is 18.9 Å². The second-order valence-corrected chi connectivity index (χ2v) is 22.9. The Morgan fingerprint density at radius 3 is 1.26 bits per heavy atom. The van der Waals surface area contributed by atoms with Crippen LogP contribution in [0, 0.1) is 0 Å². The summed E-state index contributed by atoms with van der Waals surface area (Å²) in [6.07, 6.45) is 59.8. The van der Waals surface area contributed by atoms with Crippen molar-refractivity contribution < 1.29 is 64.6 Å². The summed E-state index contributed by atoms with van der Waals surface area (Å²) in [6, 6.07) is -0.948. The zero-order valence-electron chi connectivity index (χ0n) is 52.1. The minimum absolute atomic E-state index is 0.219. The quantitative estimate of drug-likeness (QED) is 0.0204. The number of hydrogen-bond acceptors (Lipinski definition) is 13. The van der Waals surface area contributed by atoms with Gasteiger partial charge in [0.1, 0.15) is 48.8 Å². The fourth-order valence-electron chi connectivity index (χ4n) is 10.2. The van der Waals surface area contributed by atoms with Crippen LogP contribution in [0.5, 0.6) is 0 Å². The minimum atomic E-state index is -1.80. The van der Waals surface area contributed by atoms with Crippen molar-refractivity contribution >= 4 is 5.91 Å². The Balaban J connectivity index is 1.76. The van der Waals surface area contributed by atoms with E-state index in [1.165, 1.54) is 122 Å². The first-order chi connectivity index (χ1) is 41.1. The van der Waals surface area contributed by atoms with Crippen molar-refractivity contribution in [2.24, 2.45) is 0 Å². The SMILES string of the molecule is CC/C=C\C/C=C\C/C=C\C/C=C\C/C=C\C/C=C\C/C=C\C/C=C\CCCCC(=O)NC(COC1OC(CO)C(OC2OC(CO)C(O)C(O)C2O)C(O)C1O)C(O)/C=C/CCCCCCCCCCCCCCCCCCCCCCC. The van der Waals surface area contributed by atoms with Crippen molar-refractivity contribution in [3.8, 4) is 0 Å². The molecule has 9 N–H and O–H groups in total. The van der Waals surface area contributed by atoms with E-state index in [2.05, 4.69) is 116 Å². The van der Waals surface area contributed by atoms with Gasteiger partial charge in [-0.25, -0.2) is 0 Å². The maximum Gasteiger partial charge on any atom is 0.220 e. The molecule has 0 aliphatic carbocycles. The topological polar surface area (TPSA) is 228 Å². The molecule has 14 nitrogen and oxygen atoms in total. The van der Waals surface area contributed by atoms with E-state index in [1.54, 1.807) is 6.08 Å². The van der Waals surface area contributed by atoms with Crippen LogP contribution >= 0.6 is 0 Å². The Kier molecular flexibility index (Phi) is 49.2. The molecule has 2 heterocycles. The number of unbranched alkanes of at least 4 members (excludes halogenated alkanes) is 23. The Bertz CT molecular complexity index is 1820. The van der Waals surface area contributed by atoms with Crippen molar-refractivity contribution in [3.05, 3.63) is 109 Å². The molecule has 2 saturated heterocycles. The number of allylic oxidation sites excluding steroid dienone is 17. The van der Waals surface area contributed by atoms with Gasteiger partial charge in [0, 0.05) is 6.42 Å². The van der Waals surface area contributed by atoms with E-state index in [1.807, 2.05) is 6.08 Å². The van der Waals surface area contributed by atoms with Crippen LogP contribution in [0.1, 0.15) is 232 Å². The van der Waals surface area contributed by atoms with E-state index in [9.17, 15) is 45.6 Å². The first kappa shape index (κ1) is 76.7. The van der Waals surface area contributed by atoms with Crippen LogP contribution in [0.2, 0.25) is 0 Å². The molecule has 2 rings (SSSR count). The molecule has 482 valence electrons. The molecule has 2 aliphatic rings. The molecule has 0 spiro atoms. The van der Waals surface area contributed by atoms with Crippen LogP contribution in [0.3, 0.4) is 0 Å². The molecule has 0 aromatic carbocycles. The second-order valence-electron chi connectivity index (χ2n) is 22.9. The van der Waals surface area contributed by atoms with Gasteiger partial charge in [-0.3, -0.25) is 4.79 Å². The van der Waals surface area contributed by atoms with Gasteiger partial charge in [-0.15, -0.1) is 0 Å². The number of carbonyl (C=O) groups excluding carboxylic acids is 1. The van der Waals surface area contributed by atoms with Crippen molar-refractivity contribution in [2.75, 3.05) is 19.8 Å². The van der Waals surface area contributed by atoms with Gasteiger partial charge in [0.25, 0.3) is 0 Å². The van der Waals surface area contributed by atoms with Gasteiger partial charge in [0.05, 0.1) is 32.0 Å². The lowest BCUT2D eigenvalue weighted by molar-refractivity contribution is -0.359. The van der Waals surface area contributed by atoms with Crippen LogP contribution in [0.4, 0.5) is 0 Å². The lowest BCUT2D eigenvalue weighted by Gasteiger charge is -2.46. The molecule has 0 bridgehead atoms. The average molecular weight is 1180 g/mol. The Morgan fingerprint density at radius 2 is 0.821 bits per heavy atom. The fourth-order valence-corrected chi connectivity index (χ4v) is 10.2. The number of rotatable bonds is 52. The van der Waals surface area contributed by atoms with Gasteiger partial charge < -0.3 is 65.1 Å². The highest BCUT2D eigenvalue weighted by Gasteiger charge is 2.51. The summed E-state index contributed by atoms with van der Waals surface area (Å²) in [5.41, 5.74) is 0. The van der Waals surface area contributed by atoms with E-state index < -0.39 is 86.8 Å². The first-order valence-corrected chi connectivity index (χ1v) is 33.1. The number of amides is 1. The number of nitrogens with one attached hydrogen (secondary N) is 1. The predicted molar refractivity (Wildman–Crippen MR) is 341 cm³/mol. The number of aliphatic hydroxyl groups excluding tert-OH is 8. The average Bonchev–Trinajstić information content (AvgIpc) is 3.62. The number of carbonyl (C=O) groups is 1. The molecule has 0 aromatic rings. The molecule has 0 aromatic heterocycles. The smallest absolute Gasteiger partial charge is 0.220 e. The van der Waals surface area contributed by atoms with Crippen LogP contribution in [0.15, 0.2) is 109 Å². The monoisotopic (exact) mass is 1180 g/mol. The summed E-state index contributed by atoms with van der Waals surface area (Å²) in [5, 5.41) is 87.3. The summed E-state index contributed by atoms with van der Waals surface area (Å²) < 4.78 is 22.8. The molecule has 0 saturated carbocycles. The highest BCUT2D eigenvalue weighted by Crippen LogP contribution is 2.30. The maximum absolute atomic E-state index is 13.3. The molecule has 84 heavy (non-hydrogen) atoms. The largest absolute Gasteiger partial charge is 0.394 e. The van der Waals surface area contributed by atoms with Crippen molar-refractivity contribution in [1.29, 1.82) is 0 Å². The summed E-state index contributed by atoms with van der Waals surface area (Å²) >= 11 is 0. The van der Waals surface area contributed by atoms with Crippen molar-refractivity contribution in [1.82, 2.24) is 5.32 Å². The second kappa shape index (κ2) is 53.9. The third kappa shape index (κ3) is 38.0. The van der Waals surface area contributed by atoms with Gasteiger partial charge in [0.2, 0.25) is 5.91 Å². The van der Waals surface area contributed by atoms with Crippen LogP contribution in [0.25, 0.3) is 0 Å². The summed E-state index contributed by atoms with van der Waals surface area (Å²) in [4.78, 5) is 13.3. The van der Waals surface area contributed by atoms with Crippen molar-refractivity contribution in [3.63, 3.8) is 0 Å². The molecule has 12 atom stereocenters. The van der Waals surface area contributed by atoms with Gasteiger partial charge in [0.15, 0.2) is 12.6 Å². The molecule has 14 heteroatoms. The highest BCUT2D eigenvalue weighted by atomic mass is 16.7. The number of ether oxygens (including phenoxy) is 4. The van der Waals surface area contributed by atoms with Crippen LogP contribution in [-0.4, -0.2) is 140 Å². The van der Waals surface area contributed by atoms with E-state index in [-0.39, 0.29) is 18.9 Å². The lowest BCUT2D eigenvalue weighted by Crippen LogP contribution is -2.65. The lowest BCUT2D eigenvalue weighted by atomic mass is 9.97. The zero-order chi connectivity index (χ0) is 60.9. The molecular weight excluding hydrogens is 1060 g/mol. The van der Waals surface area contributed by atoms with Gasteiger partial charge in [-0.1, -0.05) is 252 Å². The van der Waals surface area contributed by atoms with E-state index >= 15 is 0 Å².